The highest BCUT2D eigenvalue weighted by Gasteiger charge is 2.42. The molecule has 0 aliphatic carbocycles. The maximum Gasteiger partial charge on any atom is 0.416 e. The zero-order chi connectivity index (χ0) is 23.5. The largest absolute Gasteiger partial charge is 0.497 e. The van der Waals surface area contributed by atoms with Crippen LogP contribution < -0.4 is 9.64 Å². The average Bonchev–Trinajstić information content (AvgIpc) is 2.86. The Morgan fingerprint density at radius 1 is 1.19 bits per heavy atom. The topological polar surface area (TPSA) is 32.8 Å². The van der Waals surface area contributed by atoms with Gasteiger partial charge in [-0.25, -0.2) is 0 Å². The third-order valence-corrected chi connectivity index (χ3v) is 5.98. The zero-order valence-corrected chi connectivity index (χ0v) is 18.7. The van der Waals surface area contributed by atoms with Crippen LogP contribution >= 0.6 is 0 Å². The second kappa shape index (κ2) is 9.77. The molecule has 0 bridgehead atoms. The van der Waals surface area contributed by atoms with Crippen LogP contribution in [-0.2, 0) is 17.4 Å². The van der Waals surface area contributed by atoms with E-state index in [2.05, 4.69) is 6.58 Å². The Labute approximate surface area is 187 Å². The minimum atomic E-state index is -4.51. The average molecular weight is 447 g/mol. The van der Waals surface area contributed by atoms with Gasteiger partial charge in [0.25, 0.3) is 0 Å². The van der Waals surface area contributed by atoms with E-state index in [1.54, 1.807) is 31.4 Å². The Bertz CT molecular complexity index is 955. The molecule has 2 aromatic rings. The van der Waals surface area contributed by atoms with Gasteiger partial charge in [0.1, 0.15) is 5.75 Å². The summed E-state index contributed by atoms with van der Waals surface area (Å²) < 4.78 is 47.2. The first-order valence-electron chi connectivity index (χ1n) is 10.6. The number of benzene rings is 2. The number of halogens is 3. The quantitative estimate of drug-likeness (QED) is 0.552. The fraction of sp³-hybridized carbons (Fsp3) is 0.400. The van der Waals surface area contributed by atoms with Crippen molar-refractivity contribution in [1.29, 1.82) is 0 Å². The van der Waals surface area contributed by atoms with Crippen LogP contribution in [0.3, 0.4) is 0 Å². The van der Waals surface area contributed by atoms with Crippen LogP contribution in [0.1, 0.15) is 29.0 Å². The summed E-state index contributed by atoms with van der Waals surface area (Å²) in [5.41, 5.74) is 0.634. The molecule has 3 rings (SSSR count). The van der Waals surface area contributed by atoms with Crippen LogP contribution in [-0.4, -0.2) is 45.1 Å². The van der Waals surface area contributed by atoms with Gasteiger partial charge in [-0.15, -0.1) is 6.58 Å². The summed E-state index contributed by atoms with van der Waals surface area (Å²) in [7, 11) is 5.30. The number of ether oxygens (including phenoxy) is 1. The van der Waals surface area contributed by atoms with Crippen molar-refractivity contribution < 1.29 is 22.7 Å². The summed E-state index contributed by atoms with van der Waals surface area (Å²) in [5, 5.41) is 0. The molecule has 1 aliphatic heterocycles. The second-order valence-corrected chi connectivity index (χ2v) is 8.31. The van der Waals surface area contributed by atoms with E-state index >= 15 is 0 Å². The SMILES string of the molecule is C=CC[C@H]1C(=O)N(CCN(C)C)c2cccc(C(F)(F)F)c2C[C@H]1c1ccc(OC)cc1. The molecule has 0 fully saturated rings. The Morgan fingerprint density at radius 3 is 2.44 bits per heavy atom. The number of methoxy groups -OCH3 is 1. The first-order valence-corrected chi connectivity index (χ1v) is 10.6. The minimum Gasteiger partial charge on any atom is -0.497 e. The first kappa shape index (κ1) is 23.9. The minimum absolute atomic E-state index is 0.111. The predicted octanol–water partition coefficient (Wildman–Crippen LogP) is 5.14. The smallest absolute Gasteiger partial charge is 0.416 e. The highest BCUT2D eigenvalue weighted by atomic mass is 19.4. The summed E-state index contributed by atoms with van der Waals surface area (Å²) in [6.07, 6.45) is -2.35. The van der Waals surface area contributed by atoms with E-state index in [9.17, 15) is 18.0 Å². The highest BCUT2D eigenvalue weighted by Crippen LogP contribution is 2.44. The van der Waals surface area contributed by atoms with Gasteiger partial charge in [0.2, 0.25) is 5.91 Å². The Balaban J connectivity index is 2.19. The maximum absolute atomic E-state index is 14.0. The van der Waals surface area contributed by atoms with Gasteiger partial charge in [-0.1, -0.05) is 24.3 Å². The van der Waals surface area contributed by atoms with E-state index < -0.39 is 23.6 Å². The Hall–Kier alpha value is -2.80. The molecule has 0 N–H and O–H groups in total. The molecular weight excluding hydrogens is 417 g/mol. The third kappa shape index (κ3) is 4.99. The molecule has 32 heavy (non-hydrogen) atoms. The lowest BCUT2D eigenvalue weighted by atomic mass is 9.79. The molecule has 172 valence electrons. The number of allylic oxidation sites excluding steroid dienone is 1. The lowest BCUT2D eigenvalue weighted by Crippen LogP contribution is -2.41. The number of alkyl halides is 3. The van der Waals surface area contributed by atoms with E-state index in [0.717, 1.165) is 11.6 Å². The van der Waals surface area contributed by atoms with Crippen LogP contribution in [0.2, 0.25) is 0 Å². The van der Waals surface area contributed by atoms with Gasteiger partial charge in [-0.2, -0.15) is 13.2 Å². The molecule has 1 aliphatic rings. The van der Waals surface area contributed by atoms with E-state index in [1.807, 2.05) is 31.1 Å². The predicted molar refractivity (Wildman–Crippen MR) is 120 cm³/mol. The van der Waals surface area contributed by atoms with Crippen molar-refractivity contribution in [1.82, 2.24) is 4.90 Å². The number of likely N-dealkylation sites (N-methyl/N-ethyl adjacent to an activating group) is 1. The molecule has 2 aromatic carbocycles. The Morgan fingerprint density at radius 2 is 1.88 bits per heavy atom. The van der Waals surface area contributed by atoms with Gasteiger partial charge in [0.05, 0.1) is 12.7 Å². The molecule has 0 saturated heterocycles. The number of carbonyl (C=O) groups excluding carboxylic acids is 1. The lowest BCUT2D eigenvalue weighted by Gasteiger charge is -2.29. The second-order valence-electron chi connectivity index (χ2n) is 8.31. The van der Waals surface area contributed by atoms with Gasteiger partial charge in [0.15, 0.2) is 0 Å². The highest BCUT2D eigenvalue weighted by molar-refractivity contribution is 5.97. The number of fused-ring (bicyclic) bond motifs is 1. The van der Waals surface area contributed by atoms with Crippen molar-refractivity contribution in [2.75, 3.05) is 39.2 Å². The zero-order valence-electron chi connectivity index (χ0n) is 18.7. The third-order valence-electron chi connectivity index (χ3n) is 5.98. The van der Waals surface area contributed by atoms with E-state index in [0.29, 0.717) is 30.9 Å². The molecule has 1 amide bonds. The number of rotatable bonds is 7. The Kier molecular flexibility index (Phi) is 7.29. The molecule has 2 atom stereocenters. The summed E-state index contributed by atoms with van der Waals surface area (Å²) >= 11 is 0. The van der Waals surface area contributed by atoms with E-state index in [-0.39, 0.29) is 17.9 Å². The molecule has 0 aromatic heterocycles. The lowest BCUT2D eigenvalue weighted by molar-refractivity contribution is -0.138. The molecule has 1 heterocycles. The molecule has 7 heteroatoms. The standard InChI is InChI=1S/C25H29F3N2O2/c1-5-7-19-20(17-10-12-18(32-4)13-11-17)16-21-22(25(26,27)28)8-6-9-23(21)30(24(19)31)15-14-29(2)3/h5-6,8-13,19-20H,1,7,14-16H2,2-4H3/t19-,20+/m1/s1. The molecule has 0 radical (unpaired) electrons. The molecule has 4 nitrogen and oxygen atoms in total. The normalized spacial score (nSPS) is 19.0. The number of hydrogen-bond acceptors (Lipinski definition) is 3. The molecule has 0 unspecified atom stereocenters. The van der Waals surface area contributed by atoms with Crippen molar-refractivity contribution in [2.45, 2.75) is 24.9 Å². The van der Waals surface area contributed by atoms with Crippen molar-refractivity contribution in [2.24, 2.45) is 5.92 Å². The molecular formula is C25H29F3N2O2. The number of amides is 1. The van der Waals surface area contributed by atoms with Crippen molar-refractivity contribution >= 4 is 11.6 Å². The first-order chi connectivity index (χ1) is 15.2. The van der Waals surface area contributed by atoms with Crippen LogP contribution in [0.4, 0.5) is 18.9 Å². The summed E-state index contributed by atoms with van der Waals surface area (Å²) in [4.78, 5) is 17.2. The van der Waals surface area contributed by atoms with Crippen molar-refractivity contribution in [3.63, 3.8) is 0 Å². The van der Waals surface area contributed by atoms with Crippen molar-refractivity contribution in [3.8, 4) is 5.75 Å². The van der Waals surface area contributed by atoms with E-state index in [4.69, 9.17) is 4.74 Å². The maximum atomic E-state index is 14.0. The van der Waals surface area contributed by atoms with E-state index in [1.165, 1.54) is 11.0 Å². The van der Waals surface area contributed by atoms with Crippen LogP contribution in [0.15, 0.2) is 55.1 Å². The monoisotopic (exact) mass is 446 g/mol. The summed E-state index contributed by atoms with van der Waals surface area (Å²) in [6, 6.07) is 11.3. The van der Waals surface area contributed by atoms with Gasteiger partial charge >= 0.3 is 6.18 Å². The number of hydrogen-bond donors (Lipinski definition) is 0. The molecule has 0 spiro atoms. The van der Waals surface area contributed by atoms with Gasteiger partial charge < -0.3 is 14.5 Å². The van der Waals surface area contributed by atoms with Crippen LogP contribution in [0, 0.1) is 5.92 Å². The fourth-order valence-electron chi connectivity index (χ4n) is 4.34. The summed E-state index contributed by atoms with van der Waals surface area (Å²) in [5.74, 6) is -0.460. The van der Waals surface area contributed by atoms with Crippen LogP contribution in [0.5, 0.6) is 5.75 Å². The number of nitrogens with zero attached hydrogens (tertiary/aromatic N) is 2. The van der Waals surface area contributed by atoms with Gasteiger partial charge in [-0.3, -0.25) is 4.79 Å². The van der Waals surface area contributed by atoms with Crippen molar-refractivity contribution in [3.05, 3.63) is 71.8 Å². The fourth-order valence-corrected chi connectivity index (χ4v) is 4.34. The summed E-state index contributed by atoms with van der Waals surface area (Å²) in [6.45, 7) is 4.65. The number of anilines is 1. The van der Waals surface area contributed by atoms with Gasteiger partial charge in [-0.05, 0) is 68.2 Å². The number of carbonyl (C=O) groups is 1. The van der Waals surface area contributed by atoms with Gasteiger partial charge in [0, 0.05) is 24.7 Å². The van der Waals surface area contributed by atoms with Crippen LogP contribution in [0.25, 0.3) is 0 Å². The molecule has 0 saturated carbocycles.